The summed E-state index contributed by atoms with van der Waals surface area (Å²) >= 11 is 0. The van der Waals surface area contributed by atoms with Crippen molar-refractivity contribution in [3.05, 3.63) is 76.5 Å². The standard InChI is InChI=1S/C31H28O14/c1-41-20-10-14(2-8-17(20)33)3-9-24(35)42-13-23-27(37)29(39)30(40)31(45-23)44-22-12-21-25(28(38)26(22)36)18(34)11-19(43-21)15-4-6-16(32)7-5-15/h2-12,23,27,29-33,36-40H,13H2,1H3/b9-3+/t23-,27-,29+,30-,31-/m1/s1. The third-order valence-corrected chi connectivity index (χ3v) is 7.00. The van der Waals surface area contributed by atoms with Crippen molar-refractivity contribution in [1.29, 1.82) is 0 Å². The van der Waals surface area contributed by atoms with E-state index in [1.165, 1.54) is 55.7 Å². The van der Waals surface area contributed by atoms with Crippen LogP contribution in [-0.2, 0) is 14.3 Å². The average molecular weight is 625 g/mol. The fraction of sp³-hybridized carbons (Fsp3) is 0.226. The predicted molar refractivity (Wildman–Crippen MR) is 155 cm³/mol. The molecule has 236 valence electrons. The summed E-state index contributed by atoms with van der Waals surface area (Å²) in [5, 5.41) is 71.4. The summed E-state index contributed by atoms with van der Waals surface area (Å²) in [6.07, 6.45) is -6.16. The zero-order valence-electron chi connectivity index (χ0n) is 23.4. The highest BCUT2D eigenvalue weighted by molar-refractivity contribution is 5.89. The van der Waals surface area contributed by atoms with Gasteiger partial charge in [-0.15, -0.1) is 0 Å². The summed E-state index contributed by atoms with van der Waals surface area (Å²) in [5.41, 5.74) is 0.00366. The van der Waals surface area contributed by atoms with Gasteiger partial charge >= 0.3 is 5.97 Å². The number of fused-ring (bicyclic) bond motifs is 1. The number of rotatable bonds is 8. The van der Waals surface area contributed by atoms with E-state index in [0.29, 0.717) is 11.1 Å². The maximum absolute atomic E-state index is 12.8. The van der Waals surface area contributed by atoms with Crippen molar-refractivity contribution in [3.8, 4) is 45.8 Å². The number of hydrogen-bond acceptors (Lipinski definition) is 14. The summed E-state index contributed by atoms with van der Waals surface area (Å²) < 4.78 is 27.0. The van der Waals surface area contributed by atoms with Crippen LogP contribution in [0.1, 0.15) is 5.56 Å². The second-order valence-corrected chi connectivity index (χ2v) is 9.99. The minimum atomic E-state index is -1.87. The Hall–Kier alpha value is -5.28. The second-order valence-electron chi connectivity index (χ2n) is 9.99. The number of carbonyl (C=O) groups is 1. The average Bonchev–Trinajstić information content (AvgIpc) is 3.02. The van der Waals surface area contributed by atoms with Crippen molar-refractivity contribution >= 4 is 23.0 Å². The van der Waals surface area contributed by atoms with Gasteiger partial charge in [0, 0.05) is 23.8 Å². The highest BCUT2D eigenvalue weighted by Crippen LogP contribution is 2.42. The Balaban J connectivity index is 1.33. The number of aliphatic hydroxyl groups is 3. The van der Waals surface area contributed by atoms with Crippen molar-refractivity contribution in [2.75, 3.05) is 13.7 Å². The molecule has 0 aliphatic carbocycles. The molecular formula is C31H28O14. The van der Waals surface area contributed by atoms with E-state index in [2.05, 4.69) is 0 Å². The predicted octanol–water partition coefficient (Wildman–Crippen LogP) is 1.73. The molecule has 14 heteroatoms. The molecule has 1 aliphatic heterocycles. The molecule has 0 radical (unpaired) electrons. The van der Waals surface area contributed by atoms with Crippen LogP contribution in [0.3, 0.4) is 0 Å². The van der Waals surface area contributed by atoms with Gasteiger partial charge < -0.3 is 59.1 Å². The topological polar surface area (TPSA) is 226 Å². The van der Waals surface area contributed by atoms with E-state index < -0.39 is 66.0 Å². The lowest BCUT2D eigenvalue weighted by Gasteiger charge is -2.39. The van der Waals surface area contributed by atoms with Gasteiger partial charge in [-0.25, -0.2) is 4.79 Å². The molecule has 14 nitrogen and oxygen atoms in total. The lowest BCUT2D eigenvalue weighted by Crippen LogP contribution is -2.60. The highest BCUT2D eigenvalue weighted by Gasteiger charge is 2.46. The largest absolute Gasteiger partial charge is 0.508 e. The van der Waals surface area contributed by atoms with Crippen LogP contribution in [0.25, 0.3) is 28.4 Å². The van der Waals surface area contributed by atoms with Gasteiger partial charge in [0.1, 0.15) is 53.5 Å². The van der Waals surface area contributed by atoms with E-state index in [1.54, 1.807) is 0 Å². The fourth-order valence-corrected chi connectivity index (χ4v) is 4.58. The second kappa shape index (κ2) is 12.8. The molecule has 4 aromatic rings. The van der Waals surface area contributed by atoms with Crippen LogP contribution in [-0.4, -0.2) is 86.1 Å². The molecule has 7 N–H and O–H groups in total. The Kier molecular flexibility index (Phi) is 8.83. The van der Waals surface area contributed by atoms with Crippen molar-refractivity contribution in [2.24, 2.45) is 0 Å². The number of aromatic hydroxyl groups is 4. The minimum absolute atomic E-state index is 0.0156. The zero-order chi connectivity index (χ0) is 32.4. The number of carbonyl (C=O) groups excluding carboxylic acids is 1. The van der Waals surface area contributed by atoms with Crippen LogP contribution in [0.5, 0.6) is 34.5 Å². The van der Waals surface area contributed by atoms with Crippen molar-refractivity contribution in [3.63, 3.8) is 0 Å². The maximum Gasteiger partial charge on any atom is 0.330 e. The van der Waals surface area contributed by atoms with E-state index >= 15 is 0 Å². The first-order valence-corrected chi connectivity index (χ1v) is 13.4. The Morgan fingerprint density at radius 1 is 0.889 bits per heavy atom. The number of ether oxygens (including phenoxy) is 4. The van der Waals surface area contributed by atoms with Gasteiger partial charge in [0.25, 0.3) is 0 Å². The maximum atomic E-state index is 12.8. The van der Waals surface area contributed by atoms with Crippen LogP contribution in [0.2, 0.25) is 0 Å². The molecule has 0 bridgehead atoms. The number of esters is 1. The van der Waals surface area contributed by atoms with E-state index in [0.717, 1.165) is 18.2 Å². The van der Waals surface area contributed by atoms with Gasteiger partial charge in [-0.1, -0.05) is 6.07 Å². The molecule has 45 heavy (non-hydrogen) atoms. The molecular weight excluding hydrogens is 596 g/mol. The van der Waals surface area contributed by atoms with E-state index in [1.807, 2.05) is 0 Å². The normalized spacial score (nSPS) is 21.6. The smallest absolute Gasteiger partial charge is 0.330 e. The third-order valence-electron chi connectivity index (χ3n) is 7.00. The molecule has 2 heterocycles. The monoisotopic (exact) mass is 624 g/mol. The molecule has 1 aromatic heterocycles. The molecule has 1 fully saturated rings. The van der Waals surface area contributed by atoms with Gasteiger partial charge in [0.2, 0.25) is 12.0 Å². The Bertz CT molecular complexity index is 1800. The molecule has 0 spiro atoms. The summed E-state index contributed by atoms with van der Waals surface area (Å²) in [6.45, 7) is -0.591. The summed E-state index contributed by atoms with van der Waals surface area (Å²) in [6, 6.07) is 12.2. The SMILES string of the molecule is COc1cc(/C=C/C(=O)OC[C@H]2O[C@@H](Oc3cc4oc(-c5ccc(O)cc5)cc(=O)c4c(O)c3O)[C@H](O)[C@@H](O)[C@@H]2O)ccc1O. The number of hydrogen-bond donors (Lipinski definition) is 7. The van der Waals surface area contributed by atoms with Gasteiger partial charge in [0.15, 0.2) is 28.4 Å². The molecule has 5 atom stereocenters. The molecule has 3 aromatic carbocycles. The van der Waals surface area contributed by atoms with Crippen molar-refractivity contribution in [2.45, 2.75) is 30.7 Å². The van der Waals surface area contributed by atoms with Crippen molar-refractivity contribution in [1.82, 2.24) is 0 Å². The van der Waals surface area contributed by atoms with Crippen LogP contribution >= 0.6 is 0 Å². The summed E-state index contributed by atoms with van der Waals surface area (Å²) in [7, 11) is 1.37. The lowest BCUT2D eigenvalue weighted by atomic mass is 9.99. The lowest BCUT2D eigenvalue weighted by molar-refractivity contribution is -0.278. The van der Waals surface area contributed by atoms with Gasteiger partial charge in [-0.2, -0.15) is 0 Å². The highest BCUT2D eigenvalue weighted by atomic mass is 16.7. The van der Waals surface area contributed by atoms with E-state index in [4.69, 9.17) is 23.4 Å². The summed E-state index contributed by atoms with van der Waals surface area (Å²) in [4.78, 5) is 25.1. The first kappa shape index (κ1) is 31.2. The van der Waals surface area contributed by atoms with Gasteiger partial charge in [-0.3, -0.25) is 4.79 Å². The van der Waals surface area contributed by atoms with Gasteiger partial charge in [0.05, 0.1) is 7.11 Å². The minimum Gasteiger partial charge on any atom is -0.508 e. The molecule has 1 aliphatic rings. The zero-order valence-corrected chi connectivity index (χ0v) is 23.4. The molecule has 0 amide bonds. The van der Waals surface area contributed by atoms with E-state index in [-0.39, 0.29) is 34.0 Å². The Morgan fingerprint density at radius 2 is 1.62 bits per heavy atom. The molecule has 0 saturated carbocycles. The molecule has 1 saturated heterocycles. The van der Waals surface area contributed by atoms with E-state index in [9.17, 15) is 45.3 Å². The molecule has 5 rings (SSSR count). The quantitative estimate of drug-likeness (QED) is 0.0842. The van der Waals surface area contributed by atoms with Crippen LogP contribution in [0.4, 0.5) is 0 Å². The van der Waals surface area contributed by atoms with Gasteiger partial charge in [-0.05, 0) is 48.0 Å². The van der Waals surface area contributed by atoms with Crippen LogP contribution < -0.4 is 14.9 Å². The number of methoxy groups -OCH3 is 1. The number of benzene rings is 3. The number of phenolic OH excluding ortho intramolecular Hbond substituents is 4. The number of aliphatic hydroxyl groups excluding tert-OH is 3. The van der Waals surface area contributed by atoms with Crippen molar-refractivity contribution < 1.29 is 63.9 Å². The Morgan fingerprint density at radius 3 is 2.33 bits per heavy atom. The third kappa shape index (κ3) is 6.49. The first-order valence-electron chi connectivity index (χ1n) is 13.4. The van der Waals surface area contributed by atoms with Crippen LogP contribution in [0.15, 0.2) is 69.9 Å². The summed E-state index contributed by atoms with van der Waals surface area (Å²) in [5.74, 6) is -3.00. The van der Waals surface area contributed by atoms with Crippen LogP contribution in [0, 0.1) is 0 Å². The number of phenols is 4. The Labute approximate surface area is 253 Å². The first-order chi connectivity index (χ1) is 21.5. The fourth-order valence-electron chi connectivity index (χ4n) is 4.58. The molecule has 0 unspecified atom stereocenters.